The highest BCUT2D eigenvalue weighted by atomic mass is 32.2. The minimum absolute atomic E-state index is 0.0998. The number of nitrogens with zero attached hydrogens (tertiary/aromatic N) is 3. The molecule has 0 spiro atoms. The summed E-state index contributed by atoms with van der Waals surface area (Å²) in [5, 5.41) is 2.01. The third kappa shape index (κ3) is 3.90. The molecule has 0 saturated carbocycles. The van der Waals surface area contributed by atoms with Gasteiger partial charge in [-0.2, -0.15) is 0 Å². The molecule has 0 atom stereocenters. The first-order chi connectivity index (χ1) is 10.5. The van der Waals surface area contributed by atoms with Crippen LogP contribution in [0.2, 0.25) is 0 Å². The molecule has 0 N–H and O–H groups in total. The summed E-state index contributed by atoms with van der Waals surface area (Å²) in [5.41, 5.74) is 2.34. The van der Waals surface area contributed by atoms with Crippen LogP contribution in [0.4, 0.5) is 0 Å². The number of thioether (sulfide) groups is 1. The number of rotatable bonds is 6. The summed E-state index contributed by atoms with van der Waals surface area (Å²) in [6, 6.07) is 8.39. The van der Waals surface area contributed by atoms with Gasteiger partial charge in [0.2, 0.25) is 0 Å². The Bertz CT molecular complexity index is 623. The minimum Gasteiger partial charge on any atom is -0.295 e. The third-order valence-corrected chi connectivity index (χ3v) is 4.35. The lowest BCUT2D eigenvalue weighted by molar-refractivity contribution is -0.165. The Morgan fingerprint density at radius 2 is 2.05 bits per heavy atom. The molecule has 2 rings (SSSR count). The van der Waals surface area contributed by atoms with E-state index in [1.807, 2.05) is 10.8 Å². The zero-order valence-electron chi connectivity index (χ0n) is 13.3. The van der Waals surface area contributed by atoms with Crippen LogP contribution in [-0.4, -0.2) is 40.4 Å². The molecule has 1 aromatic heterocycles. The highest BCUT2D eigenvalue weighted by Gasteiger charge is 2.12. The zero-order chi connectivity index (χ0) is 16.1. The minimum atomic E-state index is -0.0998. The van der Waals surface area contributed by atoms with E-state index in [0.29, 0.717) is 5.92 Å². The van der Waals surface area contributed by atoms with Crippen LogP contribution in [0.5, 0.6) is 0 Å². The van der Waals surface area contributed by atoms with Crippen molar-refractivity contribution in [2.24, 2.45) is 0 Å². The standard InChI is InChI=1S/C16H21N3O2S/c1-12(2)13-5-7-14(8-6-13)19-10-9-17-16(19)22-11-15(20)18(3)21-4/h5-10,12H,11H2,1-4H3. The van der Waals surface area contributed by atoms with E-state index in [1.54, 1.807) is 13.2 Å². The Hall–Kier alpha value is -1.79. The Balaban J connectivity index is 2.10. The molecule has 118 valence electrons. The molecule has 0 aliphatic heterocycles. The number of carbonyl (C=O) groups is 1. The molecular weight excluding hydrogens is 298 g/mol. The van der Waals surface area contributed by atoms with Gasteiger partial charge in [-0.1, -0.05) is 37.7 Å². The van der Waals surface area contributed by atoms with Gasteiger partial charge in [-0.05, 0) is 23.6 Å². The number of hydrogen-bond donors (Lipinski definition) is 0. The van der Waals surface area contributed by atoms with Crippen LogP contribution in [0.25, 0.3) is 5.69 Å². The van der Waals surface area contributed by atoms with Crippen molar-refractivity contribution in [3.8, 4) is 5.69 Å². The molecule has 0 aliphatic rings. The van der Waals surface area contributed by atoms with Crippen molar-refractivity contribution in [1.82, 2.24) is 14.6 Å². The van der Waals surface area contributed by atoms with E-state index in [0.717, 1.165) is 10.8 Å². The van der Waals surface area contributed by atoms with Crippen LogP contribution in [0.3, 0.4) is 0 Å². The lowest BCUT2D eigenvalue weighted by Crippen LogP contribution is -2.27. The summed E-state index contributed by atoms with van der Waals surface area (Å²) < 4.78 is 1.98. The summed E-state index contributed by atoms with van der Waals surface area (Å²) in [7, 11) is 3.07. The number of imidazole rings is 1. The Kier molecular flexibility index (Phi) is 5.63. The average molecular weight is 319 g/mol. The van der Waals surface area contributed by atoms with Gasteiger partial charge < -0.3 is 0 Å². The van der Waals surface area contributed by atoms with Crippen LogP contribution in [0.15, 0.2) is 41.8 Å². The molecule has 0 saturated heterocycles. The SMILES string of the molecule is CON(C)C(=O)CSc1nccn1-c1ccc(C(C)C)cc1. The van der Waals surface area contributed by atoms with Gasteiger partial charge in [0.05, 0.1) is 12.9 Å². The first-order valence-corrected chi connectivity index (χ1v) is 8.08. The fourth-order valence-electron chi connectivity index (χ4n) is 1.93. The second kappa shape index (κ2) is 7.47. The molecule has 0 fully saturated rings. The summed E-state index contributed by atoms with van der Waals surface area (Å²) >= 11 is 1.39. The summed E-state index contributed by atoms with van der Waals surface area (Å²) in [6.45, 7) is 4.34. The first kappa shape index (κ1) is 16.6. The number of carbonyl (C=O) groups excluding carboxylic acids is 1. The van der Waals surface area contributed by atoms with Crippen LogP contribution >= 0.6 is 11.8 Å². The van der Waals surface area contributed by atoms with Crippen molar-refractivity contribution in [2.75, 3.05) is 19.9 Å². The van der Waals surface area contributed by atoms with Gasteiger partial charge >= 0.3 is 0 Å². The largest absolute Gasteiger partial charge is 0.295 e. The Morgan fingerprint density at radius 1 is 1.36 bits per heavy atom. The fraction of sp³-hybridized carbons (Fsp3) is 0.375. The molecule has 2 aromatic rings. The second-order valence-corrected chi connectivity index (χ2v) is 6.13. The highest BCUT2D eigenvalue weighted by molar-refractivity contribution is 7.99. The maximum Gasteiger partial charge on any atom is 0.256 e. The van der Waals surface area contributed by atoms with Crippen molar-refractivity contribution < 1.29 is 9.63 Å². The smallest absolute Gasteiger partial charge is 0.256 e. The molecule has 5 nitrogen and oxygen atoms in total. The van der Waals surface area contributed by atoms with Crippen LogP contribution < -0.4 is 0 Å². The summed E-state index contributed by atoms with van der Waals surface area (Å²) in [5.74, 6) is 0.691. The molecule has 0 aliphatic carbocycles. The van der Waals surface area contributed by atoms with Gasteiger partial charge in [0.15, 0.2) is 5.16 Å². The predicted octanol–water partition coefficient (Wildman–Crippen LogP) is 3.11. The van der Waals surface area contributed by atoms with Gasteiger partial charge in [-0.3, -0.25) is 14.2 Å². The predicted molar refractivity (Wildman–Crippen MR) is 88.2 cm³/mol. The van der Waals surface area contributed by atoms with Gasteiger partial charge in [0.1, 0.15) is 0 Å². The normalized spacial score (nSPS) is 11.0. The van der Waals surface area contributed by atoms with E-state index in [1.165, 1.54) is 29.5 Å². The summed E-state index contributed by atoms with van der Waals surface area (Å²) in [6.07, 6.45) is 3.64. The number of benzene rings is 1. The highest BCUT2D eigenvalue weighted by Crippen LogP contribution is 2.22. The van der Waals surface area contributed by atoms with Crippen LogP contribution in [-0.2, 0) is 9.63 Å². The average Bonchev–Trinajstić information content (AvgIpc) is 3.00. The Labute approximate surface area is 135 Å². The molecular formula is C16H21N3O2S. The summed E-state index contributed by atoms with van der Waals surface area (Å²) in [4.78, 5) is 21.0. The molecule has 1 heterocycles. The van der Waals surface area contributed by atoms with E-state index in [-0.39, 0.29) is 11.7 Å². The maximum atomic E-state index is 11.8. The molecule has 22 heavy (non-hydrogen) atoms. The molecule has 1 aromatic carbocycles. The van der Waals surface area contributed by atoms with Crippen molar-refractivity contribution in [1.29, 1.82) is 0 Å². The second-order valence-electron chi connectivity index (χ2n) is 5.19. The lowest BCUT2D eigenvalue weighted by Gasteiger charge is -2.13. The first-order valence-electron chi connectivity index (χ1n) is 7.10. The van der Waals surface area contributed by atoms with E-state index in [4.69, 9.17) is 4.84 Å². The third-order valence-electron chi connectivity index (χ3n) is 3.39. The number of hydrogen-bond acceptors (Lipinski definition) is 4. The number of hydroxylamine groups is 2. The van der Waals surface area contributed by atoms with E-state index in [2.05, 4.69) is 43.1 Å². The zero-order valence-corrected chi connectivity index (χ0v) is 14.1. The van der Waals surface area contributed by atoms with Gasteiger partial charge in [0, 0.05) is 25.1 Å². The monoisotopic (exact) mass is 319 g/mol. The van der Waals surface area contributed by atoms with Gasteiger partial charge in [-0.25, -0.2) is 10.0 Å². The van der Waals surface area contributed by atoms with Gasteiger partial charge in [-0.15, -0.1) is 0 Å². The molecule has 0 radical (unpaired) electrons. The van der Waals surface area contributed by atoms with E-state index >= 15 is 0 Å². The number of aromatic nitrogens is 2. The van der Waals surface area contributed by atoms with Crippen molar-refractivity contribution in [2.45, 2.75) is 24.9 Å². The van der Waals surface area contributed by atoms with Crippen LogP contribution in [0.1, 0.15) is 25.3 Å². The van der Waals surface area contributed by atoms with Crippen molar-refractivity contribution >= 4 is 17.7 Å². The van der Waals surface area contributed by atoms with Gasteiger partial charge in [0.25, 0.3) is 5.91 Å². The lowest BCUT2D eigenvalue weighted by atomic mass is 10.0. The quantitative estimate of drug-likeness (QED) is 0.606. The molecule has 6 heteroatoms. The Morgan fingerprint density at radius 3 is 2.64 bits per heavy atom. The van der Waals surface area contributed by atoms with Crippen molar-refractivity contribution in [3.05, 3.63) is 42.2 Å². The molecule has 0 unspecified atom stereocenters. The van der Waals surface area contributed by atoms with E-state index < -0.39 is 0 Å². The van der Waals surface area contributed by atoms with E-state index in [9.17, 15) is 4.79 Å². The fourth-order valence-corrected chi connectivity index (χ4v) is 2.81. The topological polar surface area (TPSA) is 47.4 Å². The van der Waals surface area contributed by atoms with Crippen molar-refractivity contribution in [3.63, 3.8) is 0 Å². The maximum absolute atomic E-state index is 11.8. The number of amides is 1. The molecule has 0 bridgehead atoms. The molecule has 1 amide bonds. The van der Waals surface area contributed by atoms with Crippen LogP contribution in [0, 0.1) is 0 Å².